The predicted octanol–water partition coefficient (Wildman–Crippen LogP) is -0.648. The molecule has 184 valence electrons. The smallest absolute Gasteiger partial charge is 0.389 e. The lowest BCUT2D eigenvalue weighted by molar-refractivity contribution is -0.136. The number of halogens is 2. The summed E-state index contributed by atoms with van der Waals surface area (Å²) in [5, 5.41) is 10.4. The van der Waals surface area contributed by atoms with Crippen molar-refractivity contribution in [1.82, 2.24) is 9.55 Å². The third-order valence-electron chi connectivity index (χ3n) is 4.08. The van der Waals surface area contributed by atoms with Gasteiger partial charge in [0.15, 0.2) is 0 Å². The molecule has 2 rings (SSSR count). The number of nitrogens with zero attached hydrogens (tertiary/aromatic N) is 2. The summed E-state index contributed by atoms with van der Waals surface area (Å²) in [6.45, 7) is -4.44. The summed E-state index contributed by atoms with van der Waals surface area (Å²) < 4.78 is 78.5. The minimum atomic E-state index is -5.86. The highest BCUT2D eigenvalue weighted by atomic mass is 31.3. The molecule has 0 amide bonds. The Hall–Kier alpha value is -1.13. The van der Waals surface area contributed by atoms with Gasteiger partial charge in [0.25, 0.3) is 0 Å². The number of aliphatic hydroxyl groups is 1. The van der Waals surface area contributed by atoms with Crippen molar-refractivity contribution in [3.05, 3.63) is 22.7 Å². The van der Waals surface area contributed by atoms with Crippen LogP contribution in [0.2, 0.25) is 0 Å². The second-order valence-electron chi connectivity index (χ2n) is 6.38. The zero-order valence-corrected chi connectivity index (χ0v) is 18.3. The lowest BCUT2D eigenvalue weighted by Gasteiger charge is -2.29. The van der Waals surface area contributed by atoms with Gasteiger partial charge in [-0.15, -0.1) is 0 Å². The highest BCUT2D eigenvalue weighted by molar-refractivity contribution is 7.66. The average molecular weight is 531 g/mol. The van der Waals surface area contributed by atoms with E-state index in [1.807, 2.05) is 0 Å². The number of rotatable bonds is 10. The van der Waals surface area contributed by atoms with Crippen LogP contribution in [0, 0.1) is 5.92 Å². The Morgan fingerprint density at radius 3 is 2.31 bits per heavy atom. The molecule has 2 heterocycles. The Morgan fingerprint density at radius 2 is 1.81 bits per heavy atom. The van der Waals surface area contributed by atoms with Crippen LogP contribution in [0.1, 0.15) is 6.23 Å². The number of nitrogen functional groups attached to an aromatic ring is 1. The number of phosphoric ester groups is 1. The number of phosphoric acid groups is 3. The number of nitrogens with two attached hydrogens (primary N) is 1. The summed E-state index contributed by atoms with van der Waals surface area (Å²) in [5.74, 6) is -1.80. The minimum Gasteiger partial charge on any atom is -0.389 e. The summed E-state index contributed by atoms with van der Waals surface area (Å²) in [4.78, 5) is 51.0. The first-order chi connectivity index (χ1) is 14.5. The van der Waals surface area contributed by atoms with Gasteiger partial charge >= 0.3 is 29.2 Å². The maximum absolute atomic E-state index is 13.8. The van der Waals surface area contributed by atoms with E-state index in [9.17, 15) is 37.3 Å². The van der Waals surface area contributed by atoms with E-state index in [1.54, 1.807) is 0 Å². The van der Waals surface area contributed by atoms with Gasteiger partial charge in [-0.1, -0.05) is 0 Å². The van der Waals surface area contributed by atoms with E-state index < -0.39 is 73.0 Å². The normalized spacial score (nSPS) is 30.0. The lowest BCUT2D eigenvalue weighted by Crippen LogP contribution is -2.47. The van der Waals surface area contributed by atoms with Gasteiger partial charge in [0, 0.05) is 6.20 Å². The molecule has 21 heteroatoms. The molecule has 3 unspecified atom stereocenters. The Labute approximate surface area is 177 Å². The van der Waals surface area contributed by atoms with Gasteiger partial charge in [0.05, 0.1) is 25.3 Å². The summed E-state index contributed by atoms with van der Waals surface area (Å²) in [6.07, 6.45) is -2.74. The topological polar surface area (TPSA) is 250 Å². The molecule has 16 nitrogen and oxygen atoms in total. The van der Waals surface area contributed by atoms with Gasteiger partial charge in [0.2, 0.25) is 0 Å². The average Bonchev–Trinajstić information content (AvgIpc) is 2.89. The fraction of sp³-hybridized carbons (Fsp3) is 0.636. The van der Waals surface area contributed by atoms with E-state index in [1.165, 1.54) is 0 Å². The highest BCUT2D eigenvalue weighted by Gasteiger charge is 2.57. The molecule has 6 atom stereocenters. The van der Waals surface area contributed by atoms with Crippen LogP contribution in [0.4, 0.5) is 14.6 Å². The van der Waals surface area contributed by atoms with Crippen LogP contribution in [0.5, 0.6) is 0 Å². The number of aromatic nitrogens is 2. The van der Waals surface area contributed by atoms with E-state index >= 15 is 0 Å². The third-order valence-corrected chi connectivity index (χ3v) is 7.87. The SMILES string of the molecule is Nc1ccn([C@@H]2O[C@](CF)(COP(=O)(O)OP(=O)(O)OP(=O)(O)O)[C@@H](O)C2CF)c(=O)n1. The van der Waals surface area contributed by atoms with Crippen LogP contribution in [0.15, 0.2) is 17.1 Å². The van der Waals surface area contributed by atoms with Crippen molar-refractivity contribution >= 4 is 29.3 Å². The lowest BCUT2D eigenvalue weighted by atomic mass is 9.92. The Kier molecular flexibility index (Phi) is 8.15. The van der Waals surface area contributed by atoms with Gasteiger partial charge in [-0.05, 0) is 6.07 Å². The van der Waals surface area contributed by atoms with Crippen molar-refractivity contribution in [2.75, 3.05) is 25.7 Å². The molecular formula is C11H18F2N3O13P3. The highest BCUT2D eigenvalue weighted by Crippen LogP contribution is 2.66. The fourth-order valence-electron chi connectivity index (χ4n) is 2.75. The molecule has 1 aliphatic heterocycles. The van der Waals surface area contributed by atoms with Crippen molar-refractivity contribution in [2.45, 2.75) is 17.9 Å². The maximum Gasteiger partial charge on any atom is 0.490 e. The van der Waals surface area contributed by atoms with E-state index in [0.29, 0.717) is 4.57 Å². The Balaban J connectivity index is 2.25. The van der Waals surface area contributed by atoms with Gasteiger partial charge in [-0.25, -0.2) is 22.9 Å². The molecule has 1 saturated heterocycles. The molecule has 0 aliphatic carbocycles. The molecule has 1 aromatic rings. The predicted molar refractivity (Wildman–Crippen MR) is 97.0 cm³/mol. The van der Waals surface area contributed by atoms with Crippen molar-refractivity contribution in [1.29, 1.82) is 0 Å². The molecule has 1 fully saturated rings. The van der Waals surface area contributed by atoms with E-state index in [4.69, 9.17) is 25.2 Å². The monoisotopic (exact) mass is 531 g/mol. The molecule has 1 aromatic heterocycles. The number of aliphatic hydroxyl groups excluding tert-OH is 1. The number of hydrogen-bond donors (Lipinski definition) is 6. The standard InChI is InChI=1S/C11H18F2N3O13P3/c12-3-6-8(17)11(4-13,27-9(6)16-2-1-7(14)15-10(16)18)5-26-31(22,23)29-32(24,25)28-30(19,20)21/h1-2,6,8-9,17H,3-5H2,(H,22,23)(H,24,25)(H2,14,15,18)(H2,19,20,21)/t6?,8-,9+,11+/m0/s1. The summed E-state index contributed by atoms with van der Waals surface area (Å²) >= 11 is 0. The zero-order valence-electron chi connectivity index (χ0n) is 15.6. The molecule has 0 bridgehead atoms. The van der Waals surface area contributed by atoms with Crippen LogP contribution in [-0.4, -0.2) is 65.9 Å². The zero-order chi connectivity index (χ0) is 24.5. The number of hydrogen-bond acceptors (Lipinski definition) is 11. The van der Waals surface area contributed by atoms with E-state index in [-0.39, 0.29) is 5.82 Å². The van der Waals surface area contributed by atoms with Crippen molar-refractivity contribution in [3.63, 3.8) is 0 Å². The molecule has 7 N–H and O–H groups in total. The van der Waals surface area contributed by atoms with Crippen molar-refractivity contribution in [2.24, 2.45) is 5.92 Å². The number of alkyl halides is 2. The van der Waals surface area contributed by atoms with Crippen LogP contribution in [0.3, 0.4) is 0 Å². The van der Waals surface area contributed by atoms with Gasteiger partial charge in [-0.3, -0.25) is 13.5 Å². The van der Waals surface area contributed by atoms with E-state index in [0.717, 1.165) is 12.3 Å². The molecule has 1 aliphatic rings. The molecule has 0 spiro atoms. The fourth-order valence-corrected chi connectivity index (χ4v) is 5.83. The van der Waals surface area contributed by atoms with Crippen LogP contribution >= 0.6 is 23.5 Å². The summed E-state index contributed by atoms with van der Waals surface area (Å²) in [7, 11) is -17.2. The molecule has 0 radical (unpaired) electrons. The molecular weight excluding hydrogens is 513 g/mol. The minimum absolute atomic E-state index is 0.203. The number of ether oxygens (including phenoxy) is 1. The van der Waals surface area contributed by atoms with E-state index in [2.05, 4.69) is 18.1 Å². The van der Waals surface area contributed by atoms with Crippen LogP contribution in [-0.2, 0) is 31.6 Å². The Bertz CT molecular complexity index is 1040. The van der Waals surface area contributed by atoms with Crippen molar-refractivity contribution in [3.8, 4) is 0 Å². The van der Waals surface area contributed by atoms with Crippen molar-refractivity contribution < 1.29 is 65.0 Å². The van der Waals surface area contributed by atoms with Crippen LogP contribution in [0.25, 0.3) is 0 Å². The maximum atomic E-state index is 13.8. The molecule has 0 saturated carbocycles. The second-order valence-corrected chi connectivity index (χ2v) is 10.8. The first-order valence-electron chi connectivity index (χ1n) is 8.15. The summed E-state index contributed by atoms with van der Waals surface area (Å²) in [5.41, 5.74) is 1.71. The first kappa shape index (κ1) is 27.1. The van der Waals surface area contributed by atoms with Gasteiger partial charge in [0.1, 0.15) is 24.3 Å². The Morgan fingerprint density at radius 1 is 1.19 bits per heavy atom. The summed E-state index contributed by atoms with van der Waals surface area (Å²) in [6, 6.07) is 1.12. The molecule has 0 aromatic carbocycles. The second kappa shape index (κ2) is 9.62. The first-order valence-corrected chi connectivity index (χ1v) is 12.7. The molecule has 32 heavy (non-hydrogen) atoms. The largest absolute Gasteiger partial charge is 0.490 e. The quantitative estimate of drug-likeness (QED) is 0.205. The third kappa shape index (κ3) is 6.47. The van der Waals surface area contributed by atoms with Gasteiger partial charge < -0.3 is 35.2 Å². The van der Waals surface area contributed by atoms with Crippen LogP contribution < -0.4 is 11.4 Å². The van der Waals surface area contributed by atoms with Gasteiger partial charge in [-0.2, -0.15) is 13.6 Å². The number of anilines is 1.